The van der Waals surface area contributed by atoms with E-state index in [-0.39, 0.29) is 22.1 Å². The first-order valence-corrected chi connectivity index (χ1v) is 12.4. The van der Waals surface area contributed by atoms with Crippen molar-refractivity contribution in [2.45, 2.75) is 17.4 Å². The van der Waals surface area contributed by atoms with Crippen LogP contribution in [0.2, 0.25) is 5.02 Å². The molecule has 174 valence electrons. The third-order valence-electron chi connectivity index (χ3n) is 5.36. The summed E-state index contributed by atoms with van der Waals surface area (Å²) in [6, 6.07) is 25.6. The Hall–Kier alpha value is -3.39. The average molecular weight is 495 g/mol. The maximum Gasteiger partial charge on any atom is 0.245 e. The van der Waals surface area contributed by atoms with Crippen molar-refractivity contribution in [1.29, 1.82) is 0 Å². The highest BCUT2D eigenvalue weighted by molar-refractivity contribution is 7.89. The third kappa shape index (κ3) is 5.39. The van der Waals surface area contributed by atoms with Gasteiger partial charge in [-0.2, -0.15) is 4.72 Å². The van der Waals surface area contributed by atoms with E-state index in [9.17, 15) is 13.2 Å². The van der Waals surface area contributed by atoms with Gasteiger partial charge < -0.3 is 10.1 Å². The molecule has 0 bridgehead atoms. The summed E-state index contributed by atoms with van der Waals surface area (Å²) in [6.45, 7) is 0. The first-order valence-electron chi connectivity index (χ1n) is 10.6. The molecule has 8 heteroatoms. The molecule has 1 atom stereocenters. The normalized spacial score (nSPS) is 12.3. The van der Waals surface area contributed by atoms with Gasteiger partial charge in [-0.15, -0.1) is 0 Å². The number of rotatable bonds is 8. The lowest BCUT2D eigenvalue weighted by atomic mass is 10.1. The van der Waals surface area contributed by atoms with Gasteiger partial charge in [-0.25, -0.2) is 8.42 Å². The van der Waals surface area contributed by atoms with E-state index < -0.39 is 22.0 Å². The summed E-state index contributed by atoms with van der Waals surface area (Å²) in [4.78, 5) is 13.3. The molecule has 1 unspecified atom stereocenters. The second-order valence-corrected chi connectivity index (χ2v) is 9.79. The van der Waals surface area contributed by atoms with Gasteiger partial charge in [0.15, 0.2) is 0 Å². The summed E-state index contributed by atoms with van der Waals surface area (Å²) in [7, 11) is -2.77. The van der Waals surface area contributed by atoms with Crippen LogP contribution in [-0.2, 0) is 21.2 Å². The number of halogens is 1. The molecule has 6 nitrogen and oxygen atoms in total. The number of anilines is 1. The summed E-state index contributed by atoms with van der Waals surface area (Å²) in [5, 5.41) is 4.95. The van der Waals surface area contributed by atoms with Crippen molar-refractivity contribution in [1.82, 2.24) is 4.72 Å². The molecular weight excluding hydrogens is 472 g/mol. The smallest absolute Gasteiger partial charge is 0.245 e. The Kier molecular flexibility index (Phi) is 7.17. The molecule has 0 radical (unpaired) electrons. The first kappa shape index (κ1) is 23.8. The van der Waals surface area contributed by atoms with Crippen LogP contribution >= 0.6 is 11.6 Å². The maximum atomic E-state index is 13.4. The third-order valence-corrected chi connectivity index (χ3v) is 7.09. The monoisotopic (exact) mass is 494 g/mol. The molecule has 0 aliphatic heterocycles. The summed E-state index contributed by atoms with van der Waals surface area (Å²) in [6.07, 6.45) is 0.152. The highest BCUT2D eigenvalue weighted by atomic mass is 35.5. The van der Waals surface area contributed by atoms with Gasteiger partial charge >= 0.3 is 0 Å². The van der Waals surface area contributed by atoms with Gasteiger partial charge in [-0.3, -0.25) is 4.79 Å². The van der Waals surface area contributed by atoms with Gasteiger partial charge in [0.1, 0.15) is 16.7 Å². The van der Waals surface area contributed by atoms with Gasteiger partial charge in [0, 0.05) is 16.1 Å². The van der Waals surface area contributed by atoms with E-state index in [2.05, 4.69) is 10.0 Å². The van der Waals surface area contributed by atoms with Crippen LogP contribution in [0.4, 0.5) is 5.69 Å². The lowest BCUT2D eigenvalue weighted by Crippen LogP contribution is -2.45. The molecule has 2 N–H and O–H groups in total. The Morgan fingerprint density at radius 1 is 0.941 bits per heavy atom. The van der Waals surface area contributed by atoms with Crippen LogP contribution in [0.3, 0.4) is 0 Å². The van der Waals surface area contributed by atoms with Crippen LogP contribution in [0.1, 0.15) is 5.56 Å². The minimum atomic E-state index is -4.14. The van der Waals surface area contributed by atoms with Crippen LogP contribution < -0.4 is 14.8 Å². The number of fused-ring (bicyclic) bond motifs is 1. The lowest BCUT2D eigenvalue weighted by Gasteiger charge is -2.20. The SMILES string of the molecule is COc1ccc(Cl)cc1S(=O)(=O)NC(Cc1ccccc1)C(=O)Nc1cccc2ccccc12. The second-order valence-electron chi connectivity index (χ2n) is 7.67. The number of ether oxygens (including phenoxy) is 1. The maximum absolute atomic E-state index is 13.4. The van der Waals surface area contributed by atoms with Crippen molar-refractivity contribution in [2.75, 3.05) is 12.4 Å². The minimum Gasteiger partial charge on any atom is -0.495 e. The van der Waals surface area contributed by atoms with Crippen molar-refractivity contribution in [2.24, 2.45) is 0 Å². The van der Waals surface area contributed by atoms with Gasteiger partial charge in [0.2, 0.25) is 15.9 Å². The average Bonchev–Trinajstić information content (AvgIpc) is 2.84. The fraction of sp³-hybridized carbons (Fsp3) is 0.115. The molecule has 0 saturated carbocycles. The topological polar surface area (TPSA) is 84.5 Å². The number of hydrogen-bond donors (Lipinski definition) is 2. The second kappa shape index (κ2) is 10.3. The van der Waals surface area contributed by atoms with E-state index >= 15 is 0 Å². The number of amides is 1. The molecule has 0 spiro atoms. The Morgan fingerprint density at radius 3 is 2.41 bits per heavy atom. The Bertz CT molecular complexity index is 1420. The van der Waals surface area contributed by atoms with Crippen LogP contribution in [0, 0.1) is 0 Å². The molecule has 34 heavy (non-hydrogen) atoms. The number of methoxy groups -OCH3 is 1. The summed E-state index contributed by atoms with van der Waals surface area (Å²) < 4.78 is 34.4. The van der Waals surface area contributed by atoms with E-state index in [0.717, 1.165) is 16.3 Å². The van der Waals surface area contributed by atoms with Crippen molar-refractivity contribution >= 4 is 44.0 Å². The zero-order valence-electron chi connectivity index (χ0n) is 18.4. The lowest BCUT2D eigenvalue weighted by molar-refractivity contribution is -0.117. The Balaban J connectivity index is 1.68. The number of sulfonamides is 1. The predicted octanol–water partition coefficient (Wildman–Crippen LogP) is 5.03. The van der Waals surface area contributed by atoms with E-state index in [1.807, 2.05) is 66.7 Å². The van der Waals surface area contributed by atoms with Crippen LogP contribution in [-0.4, -0.2) is 27.5 Å². The summed E-state index contributed by atoms with van der Waals surface area (Å²) >= 11 is 6.04. The molecule has 0 fully saturated rings. The fourth-order valence-electron chi connectivity index (χ4n) is 3.70. The number of nitrogens with one attached hydrogen (secondary N) is 2. The first-order chi connectivity index (χ1) is 16.4. The van der Waals surface area contributed by atoms with E-state index in [4.69, 9.17) is 16.3 Å². The fourth-order valence-corrected chi connectivity index (χ4v) is 5.33. The molecule has 0 saturated heterocycles. The zero-order chi connectivity index (χ0) is 24.1. The molecule has 1 amide bonds. The largest absolute Gasteiger partial charge is 0.495 e. The molecule has 0 heterocycles. The number of hydrogen-bond acceptors (Lipinski definition) is 4. The van der Waals surface area contributed by atoms with Crippen molar-refractivity contribution in [3.63, 3.8) is 0 Å². The molecule has 0 aliphatic carbocycles. The van der Waals surface area contributed by atoms with Crippen LogP contribution in [0.5, 0.6) is 5.75 Å². The predicted molar refractivity (Wildman–Crippen MR) is 135 cm³/mol. The van der Waals surface area contributed by atoms with Crippen LogP contribution in [0.25, 0.3) is 10.8 Å². The van der Waals surface area contributed by atoms with Gasteiger partial charge in [-0.1, -0.05) is 78.3 Å². The Morgan fingerprint density at radius 2 is 1.65 bits per heavy atom. The molecular formula is C26H23ClN2O4S. The molecule has 4 rings (SSSR count). The van der Waals surface area contributed by atoms with E-state index in [0.29, 0.717) is 5.69 Å². The van der Waals surface area contributed by atoms with Gasteiger partial charge in [0.25, 0.3) is 0 Å². The van der Waals surface area contributed by atoms with Gasteiger partial charge in [-0.05, 0) is 41.6 Å². The zero-order valence-corrected chi connectivity index (χ0v) is 19.9. The molecule has 4 aromatic rings. The van der Waals surface area contributed by atoms with Crippen molar-refractivity contribution < 1.29 is 17.9 Å². The highest BCUT2D eigenvalue weighted by Crippen LogP contribution is 2.28. The van der Waals surface area contributed by atoms with Crippen molar-refractivity contribution in [3.8, 4) is 5.75 Å². The quantitative estimate of drug-likeness (QED) is 0.360. The molecule has 0 aliphatic rings. The highest BCUT2D eigenvalue weighted by Gasteiger charge is 2.29. The molecule has 0 aromatic heterocycles. The molecule has 4 aromatic carbocycles. The standard InChI is InChI=1S/C26H23ClN2O4S/c1-33-24-15-14-20(27)17-25(24)34(31,32)29-23(16-18-8-3-2-4-9-18)26(30)28-22-13-7-11-19-10-5-6-12-21(19)22/h2-15,17,23,29H,16H2,1H3,(H,28,30). The number of carbonyl (C=O) groups excluding carboxylic acids is 1. The number of benzene rings is 4. The Labute approximate surface area is 203 Å². The summed E-state index contributed by atoms with van der Waals surface area (Å²) in [5.74, 6) is -0.352. The summed E-state index contributed by atoms with van der Waals surface area (Å²) in [5.41, 5.74) is 1.40. The minimum absolute atomic E-state index is 0.129. The van der Waals surface area contributed by atoms with E-state index in [1.165, 1.54) is 25.3 Å². The van der Waals surface area contributed by atoms with Gasteiger partial charge in [0.05, 0.1) is 7.11 Å². The van der Waals surface area contributed by atoms with Crippen LogP contribution in [0.15, 0.2) is 95.9 Å². The van der Waals surface area contributed by atoms with Crippen molar-refractivity contribution in [3.05, 3.63) is 102 Å². The number of carbonyl (C=O) groups is 1. The van der Waals surface area contributed by atoms with E-state index in [1.54, 1.807) is 6.07 Å².